The third-order valence-electron chi connectivity index (χ3n) is 2.81. The van der Waals surface area contributed by atoms with Crippen LogP contribution in [0.1, 0.15) is 17.1 Å². The molecule has 1 aromatic carbocycles. The van der Waals surface area contributed by atoms with Gasteiger partial charge in [0.1, 0.15) is 17.4 Å². The van der Waals surface area contributed by atoms with Gasteiger partial charge in [0.15, 0.2) is 0 Å². The second kappa shape index (κ2) is 6.85. The molecule has 106 valence electrons. The summed E-state index contributed by atoms with van der Waals surface area (Å²) in [7, 11) is 3.28. The van der Waals surface area contributed by atoms with Gasteiger partial charge in [-0.25, -0.2) is 9.97 Å². The Labute approximate surface area is 131 Å². The largest absolute Gasteiger partial charge is 0.496 e. The number of para-hydroxylation sites is 1. The van der Waals surface area contributed by atoms with Crippen molar-refractivity contribution in [1.82, 2.24) is 9.97 Å². The van der Waals surface area contributed by atoms with Gasteiger partial charge in [0.05, 0.1) is 23.0 Å². The summed E-state index contributed by atoms with van der Waals surface area (Å²) >= 11 is 2.14. The molecule has 0 atom stereocenters. The molecule has 0 bridgehead atoms. The third-order valence-corrected chi connectivity index (χ3v) is 3.99. The minimum atomic E-state index is 0.421. The van der Waals surface area contributed by atoms with Crippen LogP contribution in [0.3, 0.4) is 0 Å². The van der Waals surface area contributed by atoms with Gasteiger partial charge < -0.3 is 15.2 Å². The van der Waals surface area contributed by atoms with E-state index in [4.69, 9.17) is 15.2 Å². The van der Waals surface area contributed by atoms with Crippen molar-refractivity contribution in [3.63, 3.8) is 0 Å². The molecule has 0 saturated carbocycles. The topological polar surface area (TPSA) is 70.3 Å². The van der Waals surface area contributed by atoms with Crippen molar-refractivity contribution in [1.29, 1.82) is 0 Å². The molecule has 0 aliphatic rings. The normalized spacial score (nSPS) is 10.6. The molecule has 2 rings (SSSR count). The number of nitrogens with two attached hydrogens (primary N) is 1. The van der Waals surface area contributed by atoms with Gasteiger partial charge in [0, 0.05) is 19.1 Å². The zero-order valence-electron chi connectivity index (χ0n) is 11.4. The summed E-state index contributed by atoms with van der Waals surface area (Å²) in [5.41, 5.74) is 7.77. The Hall–Kier alpha value is -1.41. The lowest BCUT2D eigenvalue weighted by Gasteiger charge is -2.10. The highest BCUT2D eigenvalue weighted by atomic mass is 127. The first-order chi connectivity index (χ1) is 9.65. The molecule has 2 aromatic rings. The van der Waals surface area contributed by atoms with E-state index in [1.54, 1.807) is 14.2 Å². The summed E-state index contributed by atoms with van der Waals surface area (Å²) in [4.78, 5) is 8.85. The number of nitrogens with zero attached hydrogens (tertiary/aromatic N) is 2. The Bertz CT molecular complexity index is 605. The predicted molar refractivity (Wildman–Crippen MR) is 85.7 cm³/mol. The lowest BCUT2D eigenvalue weighted by molar-refractivity contribution is 0.180. The number of benzene rings is 1. The number of anilines is 1. The number of rotatable bonds is 5. The van der Waals surface area contributed by atoms with Crippen molar-refractivity contribution in [2.24, 2.45) is 0 Å². The van der Waals surface area contributed by atoms with E-state index < -0.39 is 0 Å². The van der Waals surface area contributed by atoms with E-state index >= 15 is 0 Å². The maximum absolute atomic E-state index is 5.93. The Morgan fingerprint density at radius 2 is 1.95 bits per heavy atom. The molecule has 1 heterocycles. The molecule has 0 radical (unpaired) electrons. The van der Waals surface area contributed by atoms with E-state index in [1.807, 2.05) is 24.3 Å². The standard InChI is InChI=1S/C14H16IN3O2/c1-19-8-10-13(15)14(16)18-12(17-10)7-9-5-3-4-6-11(9)20-2/h3-6H,7-8H2,1-2H3,(H2,16,17,18). The molecule has 0 spiro atoms. The Kier molecular flexibility index (Phi) is 5.13. The summed E-state index contributed by atoms with van der Waals surface area (Å²) in [6.07, 6.45) is 0.571. The molecular weight excluding hydrogens is 369 g/mol. The first-order valence-corrected chi connectivity index (χ1v) is 7.15. The smallest absolute Gasteiger partial charge is 0.141 e. The molecule has 0 saturated heterocycles. The number of hydrogen-bond donors (Lipinski definition) is 1. The molecule has 6 heteroatoms. The van der Waals surface area contributed by atoms with Crippen molar-refractivity contribution < 1.29 is 9.47 Å². The molecule has 0 aliphatic carbocycles. The predicted octanol–water partition coefficient (Wildman–Crippen LogP) is 2.41. The summed E-state index contributed by atoms with van der Waals surface area (Å²) in [5.74, 6) is 1.97. The molecule has 0 fully saturated rings. The third kappa shape index (κ3) is 3.37. The number of halogens is 1. The van der Waals surface area contributed by atoms with Crippen molar-refractivity contribution in [3.05, 3.63) is 44.9 Å². The van der Waals surface area contributed by atoms with Gasteiger partial charge >= 0.3 is 0 Å². The number of hydrogen-bond acceptors (Lipinski definition) is 5. The fourth-order valence-electron chi connectivity index (χ4n) is 1.90. The van der Waals surface area contributed by atoms with E-state index in [2.05, 4.69) is 32.6 Å². The average Bonchev–Trinajstić information content (AvgIpc) is 2.45. The van der Waals surface area contributed by atoms with Crippen LogP contribution < -0.4 is 10.5 Å². The molecule has 0 amide bonds. The van der Waals surface area contributed by atoms with Gasteiger partial charge in [-0.05, 0) is 28.7 Å². The summed E-state index contributed by atoms with van der Waals surface area (Å²) < 4.78 is 11.3. The van der Waals surface area contributed by atoms with Gasteiger partial charge in [0.25, 0.3) is 0 Å². The van der Waals surface area contributed by atoms with Crippen molar-refractivity contribution in [3.8, 4) is 5.75 Å². The van der Waals surface area contributed by atoms with Gasteiger partial charge in [-0.1, -0.05) is 18.2 Å². The Morgan fingerprint density at radius 1 is 1.20 bits per heavy atom. The van der Waals surface area contributed by atoms with E-state index in [0.29, 0.717) is 24.7 Å². The Morgan fingerprint density at radius 3 is 2.65 bits per heavy atom. The van der Waals surface area contributed by atoms with Crippen LogP contribution in [0.25, 0.3) is 0 Å². The highest BCUT2D eigenvalue weighted by Gasteiger charge is 2.12. The van der Waals surface area contributed by atoms with Crippen molar-refractivity contribution >= 4 is 28.4 Å². The van der Waals surface area contributed by atoms with Gasteiger partial charge in [-0.3, -0.25) is 0 Å². The average molecular weight is 385 g/mol. The van der Waals surface area contributed by atoms with E-state index in [-0.39, 0.29) is 0 Å². The lowest BCUT2D eigenvalue weighted by Crippen LogP contribution is -2.09. The van der Waals surface area contributed by atoms with Crippen LogP contribution in [0.2, 0.25) is 0 Å². The summed E-state index contributed by atoms with van der Waals surface area (Å²) in [5, 5.41) is 0. The number of aromatic nitrogens is 2. The van der Waals surface area contributed by atoms with E-state index in [1.165, 1.54) is 0 Å². The summed E-state index contributed by atoms with van der Waals surface area (Å²) in [6.45, 7) is 0.421. The molecule has 1 aromatic heterocycles. The molecule has 5 nitrogen and oxygen atoms in total. The first-order valence-electron chi connectivity index (χ1n) is 6.07. The monoisotopic (exact) mass is 385 g/mol. The van der Waals surface area contributed by atoms with Crippen LogP contribution in [0.5, 0.6) is 5.75 Å². The fraction of sp³-hybridized carbons (Fsp3) is 0.286. The maximum atomic E-state index is 5.93. The fourth-order valence-corrected chi connectivity index (χ4v) is 2.29. The van der Waals surface area contributed by atoms with Crippen LogP contribution in [-0.4, -0.2) is 24.2 Å². The van der Waals surface area contributed by atoms with Gasteiger partial charge in [-0.15, -0.1) is 0 Å². The molecule has 0 aliphatic heterocycles. The molecule has 20 heavy (non-hydrogen) atoms. The van der Waals surface area contributed by atoms with Crippen LogP contribution in [-0.2, 0) is 17.8 Å². The molecule has 0 unspecified atom stereocenters. The molecular formula is C14H16IN3O2. The van der Waals surface area contributed by atoms with Crippen LogP contribution in [0, 0.1) is 3.57 Å². The SMILES string of the molecule is COCc1nc(Cc2ccccc2OC)nc(N)c1I. The van der Waals surface area contributed by atoms with Gasteiger partial charge in [-0.2, -0.15) is 0 Å². The van der Waals surface area contributed by atoms with Crippen LogP contribution >= 0.6 is 22.6 Å². The van der Waals surface area contributed by atoms with Crippen molar-refractivity contribution in [2.75, 3.05) is 20.0 Å². The van der Waals surface area contributed by atoms with Gasteiger partial charge in [0.2, 0.25) is 0 Å². The highest BCUT2D eigenvalue weighted by molar-refractivity contribution is 14.1. The lowest BCUT2D eigenvalue weighted by atomic mass is 10.1. The molecule has 2 N–H and O–H groups in total. The second-order valence-corrected chi connectivity index (χ2v) is 5.29. The van der Waals surface area contributed by atoms with E-state index in [0.717, 1.165) is 20.6 Å². The number of ether oxygens (including phenoxy) is 2. The highest BCUT2D eigenvalue weighted by Crippen LogP contribution is 2.22. The Balaban J connectivity index is 2.34. The summed E-state index contributed by atoms with van der Waals surface area (Å²) in [6, 6.07) is 7.81. The van der Waals surface area contributed by atoms with E-state index in [9.17, 15) is 0 Å². The zero-order chi connectivity index (χ0) is 14.5. The maximum Gasteiger partial charge on any atom is 0.141 e. The van der Waals surface area contributed by atoms with Crippen LogP contribution in [0.15, 0.2) is 24.3 Å². The minimum absolute atomic E-state index is 0.421. The first kappa shape index (κ1) is 15.0. The minimum Gasteiger partial charge on any atom is -0.496 e. The zero-order valence-corrected chi connectivity index (χ0v) is 13.5. The second-order valence-electron chi connectivity index (χ2n) is 4.21. The van der Waals surface area contributed by atoms with Crippen LogP contribution in [0.4, 0.5) is 5.82 Å². The number of nitrogen functional groups attached to an aromatic ring is 1. The number of methoxy groups -OCH3 is 2. The van der Waals surface area contributed by atoms with Crippen molar-refractivity contribution in [2.45, 2.75) is 13.0 Å². The quantitative estimate of drug-likeness (QED) is 0.801.